The normalized spacial score (nSPS) is 11.1. The molecule has 92 valence electrons. The van der Waals surface area contributed by atoms with Gasteiger partial charge in [-0.2, -0.15) is 0 Å². The molecule has 0 saturated heterocycles. The second-order valence-electron chi connectivity index (χ2n) is 4.87. The smallest absolute Gasteiger partial charge is 0.310 e. The highest BCUT2D eigenvalue weighted by Gasteiger charge is 2.17. The van der Waals surface area contributed by atoms with Gasteiger partial charge in [0.2, 0.25) is 0 Å². The summed E-state index contributed by atoms with van der Waals surface area (Å²) < 4.78 is 17.9. The van der Waals surface area contributed by atoms with E-state index in [1.165, 1.54) is 12.1 Å². The third-order valence-electron chi connectivity index (χ3n) is 2.03. The molecule has 0 atom stereocenters. The Morgan fingerprint density at radius 2 is 1.82 bits per heavy atom. The number of hydrogen-bond acceptors (Lipinski definition) is 2. The van der Waals surface area contributed by atoms with Gasteiger partial charge in [-0.15, -0.1) is 0 Å². The Morgan fingerprint density at radius 1 is 1.29 bits per heavy atom. The summed E-state index contributed by atoms with van der Waals surface area (Å²) in [6.07, 6.45) is 0.114. The van der Waals surface area contributed by atoms with Gasteiger partial charge in [0, 0.05) is 0 Å². The molecular formula is C14H17FO2. The van der Waals surface area contributed by atoms with Gasteiger partial charge in [-0.25, -0.2) is 4.39 Å². The van der Waals surface area contributed by atoms with E-state index in [0.29, 0.717) is 5.57 Å². The molecule has 0 aliphatic heterocycles. The number of carbonyl (C=O) groups is 1. The quantitative estimate of drug-likeness (QED) is 0.750. The van der Waals surface area contributed by atoms with Crippen LogP contribution in [0.3, 0.4) is 0 Å². The van der Waals surface area contributed by atoms with Crippen LogP contribution < -0.4 is 0 Å². The SMILES string of the molecule is C=C(CC(=O)OC(C)(C)C)c1ccc(F)cc1. The number of rotatable bonds is 3. The summed E-state index contributed by atoms with van der Waals surface area (Å²) in [5, 5.41) is 0. The number of hydrogen-bond donors (Lipinski definition) is 0. The van der Waals surface area contributed by atoms with Gasteiger partial charge >= 0.3 is 5.97 Å². The van der Waals surface area contributed by atoms with Gasteiger partial charge in [-0.05, 0) is 44.0 Å². The zero-order valence-electron chi connectivity index (χ0n) is 10.4. The maximum absolute atomic E-state index is 12.7. The summed E-state index contributed by atoms with van der Waals surface area (Å²) in [6.45, 7) is 9.23. The second-order valence-corrected chi connectivity index (χ2v) is 4.87. The van der Waals surface area contributed by atoms with Gasteiger partial charge in [0.15, 0.2) is 0 Å². The van der Waals surface area contributed by atoms with E-state index in [1.54, 1.807) is 12.1 Å². The molecular weight excluding hydrogens is 219 g/mol. The Kier molecular flexibility index (Phi) is 4.05. The summed E-state index contributed by atoms with van der Waals surface area (Å²) in [5.74, 6) is -0.634. The van der Waals surface area contributed by atoms with Gasteiger partial charge in [-0.1, -0.05) is 18.7 Å². The van der Waals surface area contributed by atoms with Crippen LogP contribution in [0, 0.1) is 5.82 Å². The molecule has 17 heavy (non-hydrogen) atoms. The maximum atomic E-state index is 12.7. The van der Waals surface area contributed by atoms with E-state index in [4.69, 9.17) is 4.74 Å². The Labute approximate surface area is 101 Å². The first kappa shape index (κ1) is 13.4. The number of benzene rings is 1. The van der Waals surface area contributed by atoms with Gasteiger partial charge in [-0.3, -0.25) is 4.79 Å². The molecule has 1 aromatic rings. The number of carbonyl (C=O) groups excluding carboxylic acids is 1. The predicted octanol–water partition coefficient (Wildman–Crippen LogP) is 3.57. The molecule has 3 heteroatoms. The Bertz CT molecular complexity index is 413. The molecule has 0 saturated carbocycles. The van der Waals surface area contributed by atoms with E-state index in [1.807, 2.05) is 20.8 Å². The van der Waals surface area contributed by atoms with E-state index in [0.717, 1.165) is 5.56 Å². The molecule has 0 heterocycles. The van der Waals surface area contributed by atoms with Crippen molar-refractivity contribution in [1.82, 2.24) is 0 Å². The third-order valence-corrected chi connectivity index (χ3v) is 2.03. The van der Waals surface area contributed by atoms with Crippen molar-refractivity contribution in [2.24, 2.45) is 0 Å². The summed E-state index contributed by atoms with van der Waals surface area (Å²) in [4.78, 5) is 11.6. The van der Waals surface area contributed by atoms with Crippen LogP contribution >= 0.6 is 0 Å². The fourth-order valence-corrected chi connectivity index (χ4v) is 1.34. The van der Waals surface area contributed by atoms with Crippen molar-refractivity contribution < 1.29 is 13.9 Å². The summed E-state index contributed by atoms with van der Waals surface area (Å²) in [5.41, 5.74) is 0.872. The highest BCUT2D eigenvalue weighted by atomic mass is 19.1. The lowest BCUT2D eigenvalue weighted by molar-refractivity contribution is -0.153. The van der Waals surface area contributed by atoms with E-state index in [9.17, 15) is 9.18 Å². The number of esters is 1. The van der Waals surface area contributed by atoms with E-state index in [-0.39, 0.29) is 18.2 Å². The van der Waals surface area contributed by atoms with Crippen LogP contribution in [0.5, 0.6) is 0 Å². The first-order valence-electron chi connectivity index (χ1n) is 5.43. The highest BCUT2D eigenvalue weighted by molar-refractivity contribution is 5.84. The molecule has 0 amide bonds. The van der Waals surface area contributed by atoms with Gasteiger partial charge in [0.1, 0.15) is 11.4 Å². The van der Waals surface area contributed by atoms with Crippen molar-refractivity contribution >= 4 is 11.5 Å². The average molecular weight is 236 g/mol. The van der Waals surface area contributed by atoms with Crippen molar-refractivity contribution in [3.05, 3.63) is 42.2 Å². The van der Waals surface area contributed by atoms with E-state index >= 15 is 0 Å². The topological polar surface area (TPSA) is 26.3 Å². The van der Waals surface area contributed by atoms with Crippen LogP contribution in [0.4, 0.5) is 4.39 Å². The van der Waals surface area contributed by atoms with Crippen LogP contribution in [0.25, 0.3) is 5.57 Å². The van der Waals surface area contributed by atoms with Gasteiger partial charge in [0.25, 0.3) is 0 Å². The minimum atomic E-state index is -0.500. The fraction of sp³-hybridized carbons (Fsp3) is 0.357. The molecule has 0 bridgehead atoms. The Morgan fingerprint density at radius 3 is 2.29 bits per heavy atom. The summed E-state index contributed by atoms with van der Waals surface area (Å²) >= 11 is 0. The predicted molar refractivity (Wildman–Crippen MR) is 65.9 cm³/mol. The molecule has 0 spiro atoms. The lowest BCUT2D eigenvalue weighted by Crippen LogP contribution is -2.23. The number of ether oxygens (including phenoxy) is 1. The summed E-state index contributed by atoms with van der Waals surface area (Å²) in [6, 6.07) is 5.88. The molecule has 0 aliphatic carbocycles. The maximum Gasteiger partial charge on any atom is 0.310 e. The van der Waals surface area contributed by atoms with E-state index < -0.39 is 5.60 Å². The lowest BCUT2D eigenvalue weighted by Gasteiger charge is -2.19. The summed E-state index contributed by atoms with van der Waals surface area (Å²) in [7, 11) is 0. The zero-order valence-corrected chi connectivity index (χ0v) is 10.4. The van der Waals surface area contributed by atoms with Crippen LogP contribution in [0.1, 0.15) is 32.8 Å². The van der Waals surface area contributed by atoms with E-state index in [2.05, 4.69) is 6.58 Å². The van der Waals surface area contributed by atoms with Crippen LogP contribution in [0.15, 0.2) is 30.8 Å². The molecule has 0 radical (unpaired) electrons. The lowest BCUT2D eigenvalue weighted by atomic mass is 10.0. The first-order valence-corrected chi connectivity index (χ1v) is 5.43. The van der Waals surface area contributed by atoms with Crippen molar-refractivity contribution in [3.8, 4) is 0 Å². The van der Waals surface area contributed by atoms with Crippen molar-refractivity contribution in [2.75, 3.05) is 0 Å². The molecule has 0 unspecified atom stereocenters. The van der Waals surface area contributed by atoms with Crippen LogP contribution in [-0.2, 0) is 9.53 Å². The van der Waals surface area contributed by atoms with Crippen LogP contribution in [0.2, 0.25) is 0 Å². The molecule has 2 nitrogen and oxygen atoms in total. The van der Waals surface area contributed by atoms with Crippen molar-refractivity contribution in [3.63, 3.8) is 0 Å². The van der Waals surface area contributed by atoms with Gasteiger partial charge in [0.05, 0.1) is 6.42 Å². The molecule has 0 aliphatic rings. The third kappa shape index (κ3) is 4.81. The number of halogens is 1. The first-order chi connectivity index (χ1) is 7.78. The Balaban J connectivity index is 2.61. The minimum absolute atomic E-state index is 0.114. The van der Waals surface area contributed by atoms with Crippen LogP contribution in [-0.4, -0.2) is 11.6 Å². The molecule has 0 fully saturated rings. The monoisotopic (exact) mass is 236 g/mol. The molecule has 0 aromatic heterocycles. The molecule has 1 rings (SSSR count). The molecule has 0 N–H and O–H groups in total. The second kappa shape index (κ2) is 5.13. The van der Waals surface area contributed by atoms with Crippen molar-refractivity contribution in [1.29, 1.82) is 0 Å². The standard InChI is InChI=1S/C14H17FO2/c1-10(9-13(16)17-14(2,3)4)11-5-7-12(15)8-6-11/h5-8H,1,9H2,2-4H3. The fourth-order valence-electron chi connectivity index (χ4n) is 1.34. The average Bonchev–Trinajstić information content (AvgIpc) is 2.15. The van der Waals surface area contributed by atoms with Crippen molar-refractivity contribution in [2.45, 2.75) is 32.8 Å². The minimum Gasteiger partial charge on any atom is -0.460 e. The highest BCUT2D eigenvalue weighted by Crippen LogP contribution is 2.19. The zero-order chi connectivity index (χ0) is 13.1. The largest absolute Gasteiger partial charge is 0.460 e. The van der Waals surface area contributed by atoms with Gasteiger partial charge < -0.3 is 4.74 Å². The Hall–Kier alpha value is -1.64. The molecule has 1 aromatic carbocycles.